The summed E-state index contributed by atoms with van der Waals surface area (Å²) in [6.07, 6.45) is -0.818. The smallest absolute Gasteiger partial charge is 0.131 e. The van der Waals surface area contributed by atoms with E-state index in [2.05, 4.69) is 15.9 Å². The molecule has 1 nitrogen and oxygen atoms in total. The van der Waals surface area contributed by atoms with Crippen LogP contribution in [0.1, 0.15) is 25.5 Å². The van der Waals surface area contributed by atoms with Crippen LogP contribution < -0.4 is 0 Å². The zero-order chi connectivity index (χ0) is 10.9. The van der Waals surface area contributed by atoms with Crippen LogP contribution >= 0.6 is 27.5 Å². The topological polar surface area (TPSA) is 20.2 Å². The molecule has 0 radical (unpaired) electrons. The van der Waals surface area contributed by atoms with Crippen LogP contribution in [0.15, 0.2) is 16.6 Å². The maximum Gasteiger partial charge on any atom is 0.131 e. The van der Waals surface area contributed by atoms with E-state index in [1.807, 2.05) is 13.8 Å². The Hall–Kier alpha value is -0.120. The summed E-state index contributed by atoms with van der Waals surface area (Å²) in [5, 5.41) is 10.1. The summed E-state index contributed by atoms with van der Waals surface area (Å²) in [6.45, 7) is 3.65. The molecule has 0 saturated carbocycles. The van der Waals surface area contributed by atoms with Crippen molar-refractivity contribution in [1.29, 1.82) is 0 Å². The molecule has 0 heterocycles. The van der Waals surface area contributed by atoms with Crippen molar-refractivity contribution in [2.45, 2.75) is 20.0 Å². The Morgan fingerprint density at radius 3 is 2.43 bits per heavy atom. The number of hydrogen-bond acceptors (Lipinski definition) is 1. The summed E-state index contributed by atoms with van der Waals surface area (Å²) in [4.78, 5) is 0. The first-order chi connectivity index (χ1) is 6.43. The zero-order valence-electron chi connectivity index (χ0n) is 7.89. The fraction of sp³-hybridized carbons (Fsp3) is 0.400. The van der Waals surface area contributed by atoms with Gasteiger partial charge in [-0.15, -0.1) is 0 Å². The van der Waals surface area contributed by atoms with E-state index in [1.54, 1.807) is 6.07 Å². The first-order valence-electron chi connectivity index (χ1n) is 4.26. The zero-order valence-corrected chi connectivity index (χ0v) is 10.2. The fourth-order valence-electron chi connectivity index (χ4n) is 1.17. The van der Waals surface area contributed by atoms with Gasteiger partial charge in [0, 0.05) is 15.1 Å². The van der Waals surface area contributed by atoms with E-state index in [4.69, 9.17) is 11.6 Å². The molecule has 0 spiro atoms. The molecule has 14 heavy (non-hydrogen) atoms. The SMILES string of the molecule is CC(C)C(O)c1c(F)cc(Cl)cc1Br. The second kappa shape index (κ2) is 4.60. The molecule has 1 aromatic rings. The van der Waals surface area contributed by atoms with Crippen molar-refractivity contribution in [2.75, 3.05) is 0 Å². The summed E-state index contributed by atoms with van der Waals surface area (Å²) in [6, 6.07) is 2.78. The first kappa shape index (κ1) is 12.0. The molecule has 0 saturated heterocycles. The van der Waals surface area contributed by atoms with E-state index in [-0.39, 0.29) is 11.5 Å². The fourth-order valence-corrected chi connectivity index (χ4v) is 2.18. The third-order valence-electron chi connectivity index (χ3n) is 1.97. The van der Waals surface area contributed by atoms with Crippen LogP contribution in [0.2, 0.25) is 5.02 Å². The quantitative estimate of drug-likeness (QED) is 0.871. The normalized spacial score (nSPS) is 13.4. The van der Waals surface area contributed by atoms with Gasteiger partial charge in [-0.2, -0.15) is 0 Å². The molecule has 0 aliphatic heterocycles. The molecule has 0 aliphatic carbocycles. The highest BCUT2D eigenvalue weighted by Crippen LogP contribution is 2.32. The Balaban J connectivity index is 3.20. The number of aliphatic hydroxyl groups excluding tert-OH is 1. The van der Waals surface area contributed by atoms with Crippen molar-refractivity contribution in [1.82, 2.24) is 0 Å². The number of halogens is 3. The third kappa shape index (κ3) is 2.47. The van der Waals surface area contributed by atoms with Gasteiger partial charge >= 0.3 is 0 Å². The lowest BCUT2D eigenvalue weighted by Crippen LogP contribution is -2.08. The average Bonchev–Trinajstić information content (AvgIpc) is 2.01. The van der Waals surface area contributed by atoms with Gasteiger partial charge in [0.05, 0.1) is 6.10 Å². The molecule has 1 unspecified atom stereocenters. The maximum atomic E-state index is 13.4. The maximum absolute atomic E-state index is 13.4. The van der Waals surface area contributed by atoms with Crippen molar-refractivity contribution >= 4 is 27.5 Å². The second-order valence-electron chi connectivity index (χ2n) is 3.47. The number of hydrogen-bond donors (Lipinski definition) is 1. The number of aliphatic hydroxyl groups is 1. The van der Waals surface area contributed by atoms with E-state index >= 15 is 0 Å². The molecule has 0 aliphatic rings. The Labute approximate surface area is 96.0 Å². The van der Waals surface area contributed by atoms with Crippen LogP contribution in [0.25, 0.3) is 0 Å². The van der Waals surface area contributed by atoms with E-state index in [1.165, 1.54) is 6.07 Å². The van der Waals surface area contributed by atoms with E-state index in [9.17, 15) is 9.50 Å². The second-order valence-corrected chi connectivity index (χ2v) is 4.76. The Morgan fingerprint density at radius 2 is 2.00 bits per heavy atom. The van der Waals surface area contributed by atoms with E-state index in [0.29, 0.717) is 9.50 Å². The molecule has 78 valence electrons. The molecule has 0 aromatic heterocycles. The van der Waals surface area contributed by atoms with Gasteiger partial charge in [0.15, 0.2) is 0 Å². The van der Waals surface area contributed by atoms with Gasteiger partial charge in [0.1, 0.15) is 5.82 Å². The minimum absolute atomic E-state index is 0.0398. The molecule has 1 atom stereocenters. The van der Waals surface area contributed by atoms with Gasteiger partial charge in [-0.1, -0.05) is 41.4 Å². The molecule has 0 bridgehead atoms. The third-order valence-corrected chi connectivity index (χ3v) is 2.85. The lowest BCUT2D eigenvalue weighted by Gasteiger charge is -2.17. The van der Waals surface area contributed by atoms with Crippen molar-refractivity contribution in [2.24, 2.45) is 5.92 Å². The number of benzene rings is 1. The van der Waals surface area contributed by atoms with Gasteiger partial charge in [0.2, 0.25) is 0 Å². The van der Waals surface area contributed by atoms with Crippen molar-refractivity contribution in [3.8, 4) is 0 Å². The van der Waals surface area contributed by atoms with Crippen LogP contribution in [0, 0.1) is 11.7 Å². The monoisotopic (exact) mass is 280 g/mol. The summed E-state index contributed by atoms with van der Waals surface area (Å²) < 4.78 is 14.0. The van der Waals surface area contributed by atoms with E-state index in [0.717, 1.165) is 0 Å². The summed E-state index contributed by atoms with van der Waals surface area (Å²) >= 11 is 8.84. The largest absolute Gasteiger partial charge is 0.388 e. The van der Waals surface area contributed by atoms with Crippen molar-refractivity contribution < 1.29 is 9.50 Å². The van der Waals surface area contributed by atoms with Gasteiger partial charge in [-0.05, 0) is 18.1 Å². The summed E-state index contributed by atoms with van der Waals surface area (Å²) in [5.74, 6) is -0.521. The lowest BCUT2D eigenvalue weighted by atomic mass is 9.99. The minimum Gasteiger partial charge on any atom is -0.388 e. The molecular formula is C10H11BrClFO. The highest BCUT2D eigenvalue weighted by Gasteiger charge is 2.19. The molecule has 0 fully saturated rings. The molecular weight excluding hydrogens is 270 g/mol. The van der Waals surface area contributed by atoms with Gasteiger partial charge in [-0.25, -0.2) is 4.39 Å². The van der Waals surface area contributed by atoms with Crippen molar-refractivity contribution in [3.05, 3.63) is 33.0 Å². The van der Waals surface area contributed by atoms with E-state index < -0.39 is 11.9 Å². The Morgan fingerprint density at radius 1 is 1.43 bits per heavy atom. The minimum atomic E-state index is -0.818. The Kier molecular flexibility index (Phi) is 3.93. The highest BCUT2D eigenvalue weighted by atomic mass is 79.9. The lowest BCUT2D eigenvalue weighted by molar-refractivity contribution is 0.122. The van der Waals surface area contributed by atoms with Crippen LogP contribution in [0.5, 0.6) is 0 Å². The van der Waals surface area contributed by atoms with Gasteiger partial charge in [-0.3, -0.25) is 0 Å². The molecule has 1 aromatic carbocycles. The molecule has 1 N–H and O–H groups in total. The predicted octanol–water partition coefficient (Wildman–Crippen LogP) is 3.93. The van der Waals surface area contributed by atoms with Crippen LogP contribution in [-0.2, 0) is 0 Å². The molecule has 1 rings (SSSR count). The standard InChI is InChI=1S/C10H11BrClFO/c1-5(2)10(14)9-7(11)3-6(12)4-8(9)13/h3-5,10,14H,1-2H3. The predicted molar refractivity (Wildman–Crippen MR) is 58.9 cm³/mol. The van der Waals surface area contributed by atoms with Gasteiger partial charge < -0.3 is 5.11 Å². The van der Waals surface area contributed by atoms with Crippen LogP contribution in [0.4, 0.5) is 4.39 Å². The molecule has 0 amide bonds. The number of rotatable bonds is 2. The van der Waals surface area contributed by atoms with Crippen molar-refractivity contribution in [3.63, 3.8) is 0 Å². The average molecular weight is 282 g/mol. The van der Waals surface area contributed by atoms with Crippen LogP contribution in [0.3, 0.4) is 0 Å². The summed E-state index contributed by atoms with van der Waals surface area (Å²) in [7, 11) is 0. The van der Waals surface area contributed by atoms with Gasteiger partial charge in [0.25, 0.3) is 0 Å². The first-order valence-corrected chi connectivity index (χ1v) is 5.43. The Bertz CT molecular complexity index is 318. The summed E-state index contributed by atoms with van der Waals surface area (Å²) in [5.41, 5.74) is 0.268. The highest BCUT2D eigenvalue weighted by molar-refractivity contribution is 9.10. The van der Waals surface area contributed by atoms with Crippen LogP contribution in [-0.4, -0.2) is 5.11 Å². The molecule has 4 heteroatoms.